The van der Waals surface area contributed by atoms with Gasteiger partial charge in [-0.3, -0.25) is 0 Å². The van der Waals surface area contributed by atoms with Gasteiger partial charge in [0.1, 0.15) is 0 Å². The van der Waals surface area contributed by atoms with Gasteiger partial charge in [-0.15, -0.1) is 11.3 Å². The summed E-state index contributed by atoms with van der Waals surface area (Å²) in [6.45, 7) is 0. The summed E-state index contributed by atoms with van der Waals surface area (Å²) in [6.07, 6.45) is 0. The van der Waals surface area contributed by atoms with Gasteiger partial charge in [-0.1, -0.05) is 145 Å². The van der Waals surface area contributed by atoms with E-state index < -0.39 is 36.3 Å². The number of para-hydroxylation sites is 2. The lowest BCUT2D eigenvalue weighted by molar-refractivity contribution is 1.07. The lowest BCUT2D eigenvalue weighted by atomic mass is 9.98. The van der Waals surface area contributed by atoms with Gasteiger partial charge >= 0.3 is 0 Å². The molecule has 234 valence electrons. The minimum atomic E-state index is -0.516. The average molecular weight is 670 g/mol. The van der Waals surface area contributed by atoms with E-state index in [1.165, 1.54) is 16.7 Å². The Hall–Kier alpha value is -6.43. The fourth-order valence-electron chi connectivity index (χ4n) is 6.28. The van der Waals surface area contributed by atoms with Crippen LogP contribution in [0.1, 0.15) is 17.8 Å². The minimum absolute atomic E-state index is 0.00576. The van der Waals surface area contributed by atoms with Gasteiger partial charge in [0.05, 0.1) is 34.5 Å². The third kappa shape index (κ3) is 4.63. The number of thiophene rings is 1. The van der Waals surface area contributed by atoms with Gasteiger partial charge in [-0.25, -0.2) is 15.0 Å². The first-order valence-corrected chi connectivity index (χ1v) is 16.5. The molecule has 3 heterocycles. The molecule has 0 aliphatic rings. The van der Waals surface area contributed by atoms with Gasteiger partial charge in [0.2, 0.25) is 0 Å². The first-order chi connectivity index (χ1) is 30.2. The number of aromatic nitrogens is 4. The Labute approximate surface area is 310 Å². The van der Waals surface area contributed by atoms with Crippen molar-refractivity contribution in [2.24, 2.45) is 0 Å². The number of benzene rings is 7. The Bertz CT molecular complexity index is 3480. The summed E-state index contributed by atoms with van der Waals surface area (Å²) >= 11 is 0.952. The second-order valence-corrected chi connectivity index (χ2v) is 12.4. The van der Waals surface area contributed by atoms with Crippen LogP contribution in [0.5, 0.6) is 0 Å². The fourth-order valence-corrected chi connectivity index (χ4v) is 7.36. The van der Waals surface area contributed by atoms with E-state index in [0.717, 1.165) is 11.3 Å². The number of fused-ring (bicyclic) bond motifs is 6. The molecule has 0 fully saturated rings. The topological polar surface area (TPSA) is 43.6 Å². The normalized spacial score (nSPS) is 15.2. The number of hydrogen-bond acceptors (Lipinski definition) is 4. The predicted molar refractivity (Wildman–Crippen MR) is 209 cm³/mol. The highest BCUT2D eigenvalue weighted by atomic mass is 32.1. The van der Waals surface area contributed by atoms with Crippen molar-refractivity contribution in [3.8, 4) is 51.0 Å². The molecule has 0 spiro atoms. The average Bonchev–Trinajstić information content (AvgIpc) is 3.87. The minimum Gasteiger partial charge on any atom is -0.309 e. The Morgan fingerprint density at radius 3 is 1.70 bits per heavy atom. The Morgan fingerprint density at radius 2 is 1.04 bits per heavy atom. The zero-order chi connectivity index (χ0) is 44.3. The van der Waals surface area contributed by atoms with Crippen LogP contribution < -0.4 is 0 Å². The SMILES string of the molecule is [2H]c1cc([2H])c2c(c1[2H])c1c([2H])c([2H])cc([2H])c1n2-c1cc(-c2nc(-c3ccccc3)nc(-c3ccccc3)n2)ccc1-c1c([2H])c([2H])c([2H])c2c1sc1c([2H])c([2H])c([2H])c([2H])c12. The van der Waals surface area contributed by atoms with Crippen LogP contribution in [-0.4, -0.2) is 19.5 Å². The summed E-state index contributed by atoms with van der Waals surface area (Å²) in [5.41, 5.74) is 2.33. The zero-order valence-corrected chi connectivity index (χ0v) is 26.7. The first kappa shape index (κ1) is 18.4. The van der Waals surface area contributed by atoms with Crippen molar-refractivity contribution in [2.75, 3.05) is 0 Å². The maximum absolute atomic E-state index is 9.45. The van der Waals surface area contributed by atoms with Crippen LogP contribution in [0.4, 0.5) is 0 Å². The quantitative estimate of drug-likeness (QED) is 0.183. The molecule has 0 saturated heterocycles. The van der Waals surface area contributed by atoms with Gasteiger partial charge in [-0.05, 0) is 24.2 Å². The molecule has 4 nitrogen and oxygen atoms in total. The lowest BCUT2D eigenvalue weighted by Gasteiger charge is -2.17. The second kappa shape index (κ2) is 11.6. The molecule has 0 aliphatic carbocycles. The highest BCUT2D eigenvalue weighted by molar-refractivity contribution is 7.26. The number of hydrogen-bond donors (Lipinski definition) is 0. The van der Waals surface area contributed by atoms with Crippen molar-refractivity contribution in [1.82, 2.24) is 19.5 Å². The molecule has 0 aliphatic heterocycles. The van der Waals surface area contributed by atoms with Crippen LogP contribution in [0.25, 0.3) is 93.0 Å². The van der Waals surface area contributed by atoms with Gasteiger partial charge in [0.25, 0.3) is 0 Å². The summed E-state index contributed by atoms with van der Waals surface area (Å²) in [4.78, 5) is 14.6. The van der Waals surface area contributed by atoms with E-state index in [2.05, 4.69) is 0 Å². The van der Waals surface area contributed by atoms with Crippen LogP contribution in [0.3, 0.4) is 0 Å². The molecule has 0 radical (unpaired) electrons. The van der Waals surface area contributed by atoms with Crippen molar-refractivity contribution >= 4 is 53.3 Å². The molecular weight excluding hydrogens is 629 g/mol. The highest BCUT2D eigenvalue weighted by Gasteiger charge is 2.20. The van der Waals surface area contributed by atoms with Crippen LogP contribution in [0.15, 0.2) is 170 Å². The molecule has 10 aromatic rings. The Kier molecular flexibility index (Phi) is 4.27. The molecular formula is C45H28N4S. The maximum Gasteiger partial charge on any atom is 0.164 e. The van der Waals surface area contributed by atoms with Gasteiger partial charge in [-0.2, -0.15) is 0 Å². The predicted octanol–water partition coefficient (Wildman–Crippen LogP) is 12.0. The fraction of sp³-hybridized carbons (Fsp3) is 0. The van der Waals surface area contributed by atoms with Crippen molar-refractivity contribution in [1.29, 1.82) is 0 Å². The van der Waals surface area contributed by atoms with Gasteiger partial charge in [0, 0.05) is 58.8 Å². The summed E-state index contributed by atoms with van der Waals surface area (Å²) in [7, 11) is 0. The van der Waals surface area contributed by atoms with Crippen molar-refractivity contribution in [3.05, 3.63) is 170 Å². The van der Waals surface area contributed by atoms with E-state index in [4.69, 9.17) is 28.7 Å². The Balaban J connectivity index is 1.40. The van der Waals surface area contributed by atoms with E-state index in [9.17, 15) is 4.11 Å². The van der Waals surface area contributed by atoms with Crippen LogP contribution in [0.2, 0.25) is 0 Å². The zero-order valence-electron chi connectivity index (χ0n) is 38.9. The number of rotatable bonds is 5. The molecule has 0 atom stereocenters. The summed E-state index contributed by atoms with van der Waals surface area (Å²) < 4.78 is 118. The number of nitrogens with zero attached hydrogens (tertiary/aromatic N) is 4. The molecule has 0 unspecified atom stereocenters. The van der Waals surface area contributed by atoms with Crippen LogP contribution in [0, 0.1) is 0 Å². The molecule has 0 saturated carbocycles. The van der Waals surface area contributed by atoms with E-state index in [1.807, 2.05) is 60.7 Å². The van der Waals surface area contributed by atoms with Crippen LogP contribution >= 0.6 is 11.3 Å². The van der Waals surface area contributed by atoms with E-state index in [-0.39, 0.29) is 107 Å². The third-order valence-electron chi connectivity index (χ3n) is 8.53. The van der Waals surface area contributed by atoms with Crippen molar-refractivity contribution in [3.63, 3.8) is 0 Å². The first-order valence-electron chi connectivity index (χ1n) is 22.1. The molecule has 10 rings (SSSR count). The maximum atomic E-state index is 9.45. The van der Waals surface area contributed by atoms with E-state index in [1.54, 1.807) is 18.2 Å². The highest BCUT2D eigenvalue weighted by Crippen LogP contribution is 2.44. The summed E-state index contributed by atoms with van der Waals surface area (Å²) in [6, 6.07) is 21.2. The van der Waals surface area contributed by atoms with Crippen molar-refractivity contribution in [2.45, 2.75) is 0 Å². The summed E-state index contributed by atoms with van der Waals surface area (Å²) in [5, 5.41) is 0.0746. The molecule has 0 N–H and O–H groups in total. The monoisotopic (exact) mass is 669 g/mol. The van der Waals surface area contributed by atoms with Gasteiger partial charge in [0.15, 0.2) is 17.5 Å². The Morgan fingerprint density at radius 1 is 0.460 bits per heavy atom. The molecule has 50 heavy (non-hydrogen) atoms. The smallest absolute Gasteiger partial charge is 0.164 e. The standard InChI is InChI=1S/C45H28N4S/c1-3-14-29(15-4-1)43-46-44(30-16-5-2-6-17-30)48-45(47-43)31-26-27-34(36-21-13-22-37-35-20-9-12-25-41(35)50-42(36)37)40(28-31)49-38-23-10-7-18-32(38)33-19-8-11-24-39(33)49/h1-28H/i7D,8D,9D,12D,13D,18D,19D,20D,21D,22D,23D,24D,25D. The van der Waals surface area contributed by atoms with E-state index in [0.29, 0.717) is 28.3 Å². The van der Waals surface area contributed by atoms with Crippen LogP contribution in [-0.2, 0) is 0 Å². The van der Waals surface area contributed by atoms with E-state index >= 15 is 0 Å². The van der Waals surface area contributed by atoms with Crippen molar-refractivity contribution < 1.29 is 17.8 Å². The molecule has 0 amide bonds. The largest absolute Gasteiger partial charge is 0.309 e. The summed E-state index contributed by atoms with van der Waals surface area (Å²) in [5.74, 6) is 0.928. The van der Waals surface area contributed by atoms with Gasteiger partial charge < -0.3 is 4.57 Å². The molecule has 0 bridgehead atoms. The molecule has 7 aromatic carbocycles. The molecule has 3 aromatic heterocycles. The molecule has 5 heteroatoms. The third-order valence-corrected chi connectivity index (χ3v) is 9.65. The lowest BCUT2D eigenvalue weighted by Crippen LogP contribution is -2.02. The second-order valence-electron chi connectivity index (χ2n) is 11.4.